The normalized spacial score (nSPS) is 11.6. The Kier molecular flexibility index (Phi) is 9.79. The number of benzene rings is 7. The standard InChI is InChI=1S/C46H36P2SSi/c1-8-22-37(23-9-1)47(38-24-10-2-11-25-38)44-36-49-46(45(44)48(39-26-12-3-13-27-39)40-28-14-4-15-29-40)50(41-30-16-5-17-31-41,42-32-18-6-19-33-42)43-34-20-7-21-35-43/h1-36H. The quantitative estimate of drug-likeness (QED) is 0.0849. The number of rotatable bonds is 10. The minimum Gasteiger partial charge on any atom is -0.151 e. The van der Waals surface area contributed by atoms with Gasteiger partial charge in [0.2, 0.25) is 0 Å². The molecule has 0 spiro atoms. The summed E-state index contributed by atoms with van der Waals surface area (Å²) in [4.78, 5) is 0. The average molecular weight is 711 g/mol. The first-order chi connectivity index (χ1) is 24.9. The predicted molar refractivity (Wildman–Crippen MR) is 225 cm³/mol. The molecule has 0 nitrogen and oxygen atoms in total. The SMILES string of the molecule is c1ccc(P(c2ccccc2)c2csc([Si](c3ccccc3)(c3ccccc3)c3ccccc3)c2P(c2ccccc2)c2ccccc2)cc1. The first-order valence-electron chi connectivity index (χ1n) is 16.9. The van der Waals surface area contributed by atoms with Gasteiger partial charge in [0, 0.05) is 15.1 Å². The molecule has 240 valence electrons. The Morgan fingerprint density at radius 2 is 0.600 bits per heavy atom. The van der Waals surface area contributed by atoms with Crippen molar-refractivity contribution in [1.29, 1.82) is 0 Å². The number of hydrogen-bond donors (Lipinski definition) is 0. The molecule has 8 aromatic rings. The predicted octanol–water partition coefficient (Wildman–Crippen LogP) is 6.64. The zero-order valence-corrected chi connectivity index (χ0v) is 31.2. The molecule has 0 fully saturated rings. The van der Waals surface area contributed by atoms with Crippen LogP contribution in [0.15, 0.2) is 218 Å². The van der Waals surface area contributed by atoms with Gasteiger partial charge < -0.3 is 0 Å². The molecule has 50 heavy (non-hydrogen) atoms. The third-order valence-corrected chi connectivity index (χ3v) is 21.5. The van der Waals surface area contributed by atoms with Crippen molar-refractivity contribution < 1.29 is 0 Å². The van der Waals surface area contributed by atoms with Crippen LogP contribution in [-0.2, 0) is 0 Å². The Labute approximate surface area is 303 Å². The zero-order valence-electron chi connectivity index (χ0n) is 27.6. The van der Waals surface area contributed by atoms with E-state index in [1.807, 2.05) is 11.3 Å². The maximum absolute atomic E-state index is 2.85. The second kappa shape index (κ2) is 15.1. The van der Waals surface area contributed by atoms with E-state index < -0.39 is 23.9 Å². The molecule has 0 aliphatic rings. The van der Waals surface area contributed by atoms with Crippen LogP contribution in [0.5, 0.6) is 0 Å². The van der Waals surface area contributed by atoms with E-state index in [4.69, 9.17) is 0 Å². The van der Waals surface area contributed by atoms with Gasteiger partial charge >= 0.3 is 0 Å². The number of thiophene rings is 1. The summed E-state index contributed by atoms with van der Waals surface area (Å²) in [5.74, 6) is 0. The molecule has 0 amide bonds. The summed E-state index contributed by atoms with van der Waals surface area (Å²) in [7, 11) is -4.66. The largest absolute Gasteiger partial charge is 0.191 e. The summed E-state index contributed by atoms with van der Waals surface area (Å²) < 4.78 is 1.52. The van der Waals surface area contributed by atoms with Crippen molar-refractivity contribution >= 4 is 87.1 Å². The fourth-order valence-electron chi connectivity index (χ4n) is 7.08. The third kappa shape index (κ3) is 6.15. The van der Waals surface area contributed by atoms with Crippen LogP contribution >= 0.6 is 27.2 Å². The molecule has 0 radical (unpaired) electrons. The van der Waals surface area contributed by atoms with Gasteiger partial charge in [-0.2, -0.15) is 11.3 Å². The second-order valence-electron chi connectivity index (χ2n) is 12.2. The highest BCUT2D eigenvalue weighted by Crippen LogP contribution is 2.40. The van der Waals surface area contributed by atoms with Crippen molar-refractivity contribution in [3.8, 4) is 0 Å². The summed E-state index contributed by atoms with van der Waals surface area (Å²) in [5.41, 5.74) is 0. The van der Waals surface area contributed by atoms with Crippen molar-refractivity contribution in [1.82, 2.24) is 0 Å². The van der Waals surface area contributed by atoms with E-state index in [1.165, 1.54) is 51.9 Å². The Bertz CT molecular complexity index is 2070. The topological polar surface area (TPSA) is 0 Å². The van der Waals surface area contributed by atoms with E-state index in [9.17, 15) is 0 Å². The van der Waals surface area contributed by atoms with Gasteiger partial charge in [0.1, 0.15) is 0 Å². The van der Waals surface area contributed by atoms with E-state index in [0.717, 1.165) is 0 Å². The zero-order chi connectivity index (χ0) is 33.6. The fourth-order valence-corrected chi connectivity index (χ4v) is 21.0. The lowest BCUT2D eigenvalue weighted by molar-refractivity contribution is 1.69. The van der Waals surface area contributed by atoms with Crippen LogP contribution in [0.2, 0.25) is 0 Å². The molecule has 4 heteroatoms. The maximum Gasteiger partial charge on any atom is 0.191 e. The molecule has 7 aromatic carbocycles. The first-order valence-corrected chi connectivity index (χ1v) is 22.5. The molecule has 8 rings (SSSR count). The van der Waals surface area contributed by atoms with E-state index >= 15 is 0 Å². The molecular formula is C46H36P2SSi. The highest BCUT2D eigenvalue weighted by Gasteiger charge is 2.46. The molecular weight excluding hydrogens is 675 g/mol. The summed E-state index contributed by atoms with van der Waals surface area (Å²) in [6.07, 6.45) is 0. The van der Waals surface area contributed by atoms with Crippen molar-refractivity contribution in [2.45, 2.75) is 0 Å². The third-order valence-electron chi connectivity index (χ3n) is 9.23. The Morgan fingerprint density at radius 3 is 0.920 bits per heavy atom. The first kappa shape index (κ1) is 32.5. The van der Waals surface area contributed by atoms with Gasteiger partial charge in [-0.1, -0.05) is 212 Å². The minimum atomic E-state index is -2.85. The maximum atomic E-state index is 2.55. The monoisotopic (exact) mass is 710 g/mol. The van der Waals surface area contributed by atoms with E-state index in [1.54, 1.807) is 0 Å². The van der Waals surface area contributed by atoms with Crippen LogP contribution in [0, 0.1) is 0 Å². The molecule has 1 aromatic heterocycles. The molecule has 0 bridgehead atoms. The van der Waals surface area contributed by atoms with Crippen LogP contribution in [0.4, 0.5) is 0 Å². The van der Waals surface area contributed by atoms with Crippen LogP contribution in [0.25, 0.3) is 0 Å². The van der Waals surface area contributed by atoms with Gasteiger partial charge in [-0.25, -0.2) is 0 Å². The van der Waals surface area contributed by atoms with Gasteiger partial charge in [-0.3, -0.25) is 0 Å². The Balaban J connectivity index is 1.56. The Morgan fingerprint density at radius 1 is 0.320 bits per heavy atom. The minimum absolute atomic E-state index is 0.864. The van der Waals surface area contributed by atoms with Crippen LogP contribution in [0.3, 0.4) is 0 Å². The summed E-state index contributed by atoms with van der Waals surface area (Å²) in [6, 6.07) is 79.2. The lowest BCUT2D eigenvalue weighted by atomic mass is 10.3. The van der Waals surface area contributed by atoms with Gasteiger partial charge in [0.05, 0.1) is 0 Å². The number of hydrogen-bond acceptors (Lipinski definition) is 1. The summed E-state index contributed by atoms with van der Waals surface area (Å²) >= 11 is 2.00. The summed E-state index contributed by atoms with van der Waals surface area (Å²) in [6.45, 7) is 0. The lowest BCUT2D eigenvalue weighted by Crippen LogP contribution is -2.76. The smallest absolute Gasteiger partial charge is 0.151 e. The van der Waals surface area contributed by atoms with Crippen molar-refractivity contribution in [2.24, 2.45) is 0 Å². The van der Waals surface area contributed by atoms with E-state index in [-0.39, 0.29) is 0 Å². The molecule has 0 saturated carbocycles. The molecule has 0 saturated heterocycles. The molecule has 0 unspecified atom stereocenters. The summed E-state index contributed by atoms with van der Waals surface area (Å²) in [5, 5.41) is 15.3. The average Bonchev–Trinajstić information content (AvgIpc) is 3.62. The van der Waals surface area contributed by atoms with Crippen LogP contribution in [0.1, 0.15) is 0 Å². The van der Waals surface area contributed by atoms with Crippen LogP contribution < -0.4 is 51.9 Å². The molecule has 0 N–H and O–H groups in total. The highest BCUT2D eigenvalue weighted by atomic mass is 32.1. The van der Waals surface area contributed by atoms with Crippen molar-refractivity contribution in [3.63, 3.8) is 0 Å². The van der Waals surface area contributed by atoms with Crippen molar-refractivity contribution in [3.05, 3.63) is 218 Å². The molecule has 0 aliphatic heterocycles. The van der Waals surface area contributed by atoms with Gasteiger partial charge in [0.25, 0.3) is 0 Å². The van der Waals surface area contributed by atoms with Crippen LogP contribution in [-0.4, -0.2) is 8.07 Å². The molecule has 1 heterocycles. The van der Waals surface area contributed by atoms with Gasteiger partial charge in [-0.05, 0) is 58.0 Å². The van der Waals surface area contributed by atoms with Gasteiger partial charge in [-0.15, -0.1) is 0 Å². The fraction of sp³-hybridized carbons (Fsp3) is 0. The Hall–Kier alpha value is -4.68. The molecule has 0 aliphatic carbocycles. The highest BCUT2D eigenvalue weighted by molar-refractivity contribution is 7.86. The van der Waals surface area contributed by atoms with Crippen molar-refractivity contribution in [2.75, 3.05) is 0 Å². The molecule has 0 atom stereocenters. The lowest BCUT2D eigenvalue weighted by Gasteiger charge is -2.36. The second-order valence-corrected chi connectivity index (χ2v) is 21.5. The van der Waals surface area contributed by atoms with E-state index in [0.29, 0.717) is 0 Å². The van der Waals surface area contributed by atoms with E-state index in [2.05, 4.69) is 218 Å². The van der Waals surface area contributed by atoms with Gasteiger partial charge in [0.15, 0.2) is 8.07 Å².